The Balaban J connectivity index is 3.01. The molecule has 0 aromatic heterocycles. The van der Waals surface area contributed by atoms with E-state index in [2.05, 4.69) is 0 Å². The zero-order chi connectivity index (χ0) is 7.72. The van der Waals surface area contributed by atoms with Crippen LogP contribution in [0, 0.1) is 0 Å². The van der Waals surface area contributed by atoms with E-state index in [9.17, 15) is 9.59 Å². The molecule has 1 aliphatic rings. The lowest BCUT2D eigenvalue weighted by molar-refractivity contribution is -0.123. The van der Waals surface area contributed by atoms with Crippen molar-refractivity contribution in [3.63, 3.8) is 0 Å². The van der Waals surface area contributed by atoms with E-state index in [1.54, 1.807) is 0 Å². The quantitative estimate of drug-likeness (QED) is 0.468. The normalized spacial score (nSPS) is 18.2. The summed E-state index contributed by atoms with van der Waals surface area (Å²) in [5.74, 6) is -1.09. The first-order chi connectivity index (χ1) is 4.66. The second kappa shape index (κ2) is 2.60. The summed E-state index contributed by atoms with van der Waals surface area (Å²) >= 11 is 10.7. The van der Waals surface area contributed by atoms with Gasteiger partial charge >= 0.3 is 0 Å². The summed E-state index contributed by atoms with van der Waals surface area (Å²) < 4.78 is 0. The Morgan fingerprint density at radius 2 is 1.90 bits per heavy atom. The molecule has 2 amide bonds. The Kier molecular flexibility index (Phi) is 1.97. The minimum Gasteiger partial charge on any atom is -0.288 e. The number of alkyl halides is 1. The van der Waals surface area contributed by atoms with Gasteiger partial charge in [0.25, 0.3) is 11.8 Å². The Bertz CT molecular complexity index is 234. The molecule has 0 fully saturated rings. The number of carbonyl (C=O) groups excluding carboxylic acids is 2. The molecule has 0 atom stereocenters. The Labute approximate surface area is 67.0 Å². The van der Waals surface area contributed by atoms with E-state index in [1.165, 1.54) is 0 Å². The van der Waals surface area contributed by atoms with E-state index in [0.29, 0.717) is 0 Å². The molecule has 10 heavy (non-hydrogen) atoms. The van der Waals surface area contributed by atoms with Gasteiger partial charge in [0.2, 0.25) is 0 Å². The van der Waals surface area contributed by atoms with Gasteiger partial charge < -0.3 is 0 Å². The van der Waals surface area contributed by atoms with Gasteiger partial charge in [-0.05, 0) is 0 Å². The van der Waals surface area contributed by atoms with Gasteiger partial charge in [-0.3, -0.25) is 14.9 Å². The van der Waals surface area contributed by atoms with E-state index >= 15 is 0 Å². The highest BCUT2D eigenvalue weighted by molar-refractivity contribution is 6.49. The number of hydrogen-bond donors (Lipinski definition) is 1. The molecule has 0 aliphatic carbocycles. The SMILES string of the molecule is O=C1NC(=O)C(CCl)=C1Cl. The Morgan fingerprint density at radius 3 is 2.10 bits per heavy atom. The molecule has 0 bridgehead atoms. The maximum absolute atomic E-state index is 10.7. The van der Waals surface area contributed by atoms with Gasteiger partial charge in [-0.1, -0.05) is 11.6 Å². The topological polar surface area (TPSA) is 46.2 Å². The summed E-state index contributed by atoms with van der Waals surface area (Å²) in [6.07, 6.45) is 0. The molecule has 54 valence electrons. The standard InChI is InChI=1S/C5H3Cl2NO2/c6-1-2-3(7)5(10)8-4(2)9/h1H2,(H,8,9,10). The lowest BCUT2D eigenvalue weighted by Crippen LogP contribution is -2.22. The number of nitrogens with one attached hydrogen (secondary N) is 1. The number of rotatable bonds is 1. The number of imide groups is 1. The van der Waals surface area contributed by atoms with Crippen LogP contribution in [0.1, 0.15) is 0 Å². The fraction of sp³-hybridized carbons (Fsp3) is 0.200. The predicted molar refractivity (Wildman–Crippen MR) is 36.7 cm³/mol. The van der Waals surface area contributed by atoms with E-state index in [1.807, 2.05) is 5.32 Å². The van der Waals surface area contributed by atoms with Gasteiger partial charge in [-0.2, -0.15) is 0 Å². The summed E-state index contributed by atoms with van der Waals surface area (Å²) in [4.78, 5) is 21.2. The van der Waals surface area contributed by atoms with Crippen molar-refractivity contribution in [1.29, 1.82) is 0 Å². The number of halogens is 2. The Morgan fingerprint density at radius 1 is 1.30 bits per heavy atom. The summed E-state index contributed by atoms with van der Waals surface area (Å²) in [5.41, 5.74) is 0.147. The molecule has 0 spiro atoms. The molecule has 1 rings (SSSR count). The molecule has 1 aliphatic heterocycles. The molecule has 0 aromatic carbocycles. The molecule has 3 nitrogen and oxygen atoms in total. The summed E-state index contributed by atoms with van der Waals surface area (Å²) in [6.45, 7) is 0. The second-order valence-electron chi connectivity index (χ2n) is 1.71. The van der Waals surface area contributed by atoms with E-state index in [-0.39, 0.29) is 16.5 Å². The minimum atomic E-state index is -0.567. The van der Waals surface area contributed by atoms with Gasteiger partial charge in [0.15, 0.2) is 0 Å². The Hall–Kier alpha value is -0.540. The molecule has 1 heterocycles. The predicted octanol–water partition coefficient (Wildman–Crippen LogP) is 0.374. The molecular formula is C5H3Cl2NO2. The largest absolute Gasteiger partial charge is 0.288 e. The first kappa shape index (κ1) is 7.57. The second-order valence-corrected chi connectivity index (χ2v) is 2.35. The van der Waals surface area contributed by atoms with Gasteiger partial charge in [0, 0.05) is 0 Å². The molecule has 0 saturated carbocycles. The van der Waals surface area contributed by atoms with Crippen LogP contribution in [-0.2, 0) is 9.59 Å². The zero-order valence-electron chi connectivity index (χ0n) is 4.78. The van der Waals surface area contributed by atoms with Crippen molar-refractivity contribution in [2.75, 3.05) is 5.88 Å². The van der Waals surface area contributed by atoms with Crippen LogP contribution >= 0.6 is 23.2 Å². The average molecular weight is 180 g/mol. The van der Waals surface area contributed by atoms with Crippen LogP contribution in [0.15, 0.2) is 10.6 Å². The highest BCUT2D eigenvalue weighted by atomic mass is 35.5. The highest BCUT2D eigenvalue weighted by Gasteiger charge is 2.27. The lowest BCUT2D eigenvalue weighted by atomic mass is 10.3. The van der Waals surface area contributed by atoms with Crippen molar-refractivity contribution in [1.82, 2.24) is 5.32 Å². The fourth-order valence-electron chi connectivity index (χ4n) is 0.589. The maximum atomic E-state index is 10.7. The van der Waals surface area contributed by atoms with Crippen molar-refractivity contribution < 1.29 is 9.59 Å². The number of hydrogen-bond acceptors (Lipinski definition) is 2. The van der Waals surface area contributed by atoms with Gasteiger partial charge in [0.1, 0.15) is 5.03 Å². The monoisotopic (exact) mass is 179 g/mol. The van der Waals surface area contributed by atoms with E-state index in [0.717, 1.165) is 0 Å². The van der Waals surface area contributed by atoms with Crippen molar-refractivity contribution in [3.8, 4) is 0 Å². The van der Waals surface area contributed by atoms with Crippen molar-refractivity contribution in [2.45, 2.75) is 0 Å². The molecule has 0 unspecified atom stereocenters. The molecule has 5 heteroatoms. The number of carbonyl (C=O) groups is 2. The minimum absolute atomic E-state index is 0.0313. The summed E-state index contributed by atoms with van der Waals surface area (Å²) in [6, 6.07) is 0. The third kappa shape index (κ3) is 1.02. The first-order valence-corrected chi connectivity index (χ1v) is 3.38. The van der Waals surface area contributed by atoms with Crippen molar-refractivity contribution in [2.24, 2.45) is 0 Å². The molecule has 0 aromatic rings. The summed E-state index contributed by atoms with van der Waals surface area (Å²) in [7, 11) is 0. The molecule has 0 saturated heterocycles. The van der Waals surface area contributed by atoms with Crippen LogP contribution in [0.25, 0.3) is 0 Å². The maximum Gasteiger partial charge on any atom is 0.270 e. The van der Waals surface area contributed by atoms with Crippen molar-refractivity contribution >= 4 is 35.0 Å². The van der Waals surface area contributed by atoms with Crippen LogP contribution in [0.4, 0.5) is 0 Å². The van der Waals surface area contributed by atoms with Crippen LogP contribution in [0.2, 0.25) is 0 Å². The third-order valence-corrected chi connectivity index (χ3v) is 1.77. The van der Waals surface area contributed by atoms with Gasteiger partial charge in [0.05, 0.1) is 11.5 Å². The zero-order valence-corrected chi connectivity index (χ0v) is 6.29. The van der Waals surface area contributed by atoms with Gasteiger partial charge in [-0.25, -0.2) is 0 Å². The lowest BCUT2D eigenvalue weighted by Gasteiger charge is -1.87. The van der Waals surface area contributed by atoms with E-state index in [4.69, 9.17) is 23.2 Å². The fourth-order valence-corrected chi connectivity index (χ4v) is 1.11. The van der Waals surface area contributed by atoms with E-state index < -0.39 is 11.8 Å². The van der Waals surface area contributed by atoms with Crippen LogP contribution < -0.4 is 5.32 Å². The van der Waals surface area contributed by atoms with Crippen molar-refractivity contribution in [3.05, 3.63) is 10.6 Å². The molecule has 1 N–H and O–H groups in total. The molecule has 0 radical (unpaired) electrons. The van der Waals surface area contributed by atoms with Crippen LogP contribution in [-0.4, -0.2) is 17.7 Å². The molecular weight excluding hydrogens is 177 g/mol. The smallest absolute Gasteiger partial charge is 0.270 e. The highest BCUT2D eigenvalue weighted by Crippen LogP contribution is 2.16. The first-order valence-electron chi connectivity index (χ1n) is 2.47. The summed E-state index contributed by atoms with van der Waals surface area (Å²) in [5, 5.41) is 1.90. The average Bonchev–Trinajstić information content (AvgIpc) is 2.09. The third-order valence-electron chi connectivity index (χ3n) is 1.10. The number of amides is 2. The van der Waals surface area contributed by atoms with Crippen LogP contribution in [0.5, 0.6) is 0 Å². The van der Waals surface area contributed by atoms with Crippen LogP contribution in [0.3, 0.4) is 0 Å². The van der Waals surface area contributed by atoms with Gasteiger partial charge in [-0.15, -0.1) is 11.6 Å².